The Hall–Kier alpha value is -2.42. The van der Waals surface area contributed by atoms with Crippen LogP contribution in [0.3, 0.4) is 0 Å². The predicted octanol–water partition coefficient (Wildman–Crippen LogP) is 1.74. The van der Waals surface area contributed by atoms with Gasteiger partial charge in [0.25, 0.3) is 15.7 Å². The van der Waals surface area contributed by atoms with E-state index < -0.39 is 14.9 Å². The Bertz CT molecular complexity index is 753. The summed E-state index contributed by atoms with van der Waals surface area (Å²) in [6.07, 6.45) is 2.85. The van der Waals surface area contributed by atoms with Crippen LogP contribution in [-0.2, 0) is 10.0 Å². The Kier molecular flexibility index (Phi) is 3.45. The van der Waals surface area contributed by atoms with Gasteiger partial charge in [-0.15, -0.1) is 0 Å². The van der Waals surface area contributed by atoms with Crippen molar-refractivity contribution in [1.82, 2.24) is 9.97 Å². The number of rotatable bonds is 4. The number of hydrogen-bond donors (Lipinski definition) is 2. The molecular formula is C11H12N4O4S. The highest BCUT2D eigenvalue weighted by Gasteiger charge is 2.22. The van der Waals surface area contributed by atoms with Gasteiger partial charge in [0.05, 0.1) is 9.82 Å². The van der Waals surface area contributed by atoms with E-state index in [0.717, 1.165) is 6.07 Å². The van der Waals surface area contributed by atoms with Crippen LogP contribution in [0.15, 0.2) is 29.4 Å². The van der Waals surface area contributed by atoms with Gasteiger partial charge in [-0.1, -0.05) is 0 Å². The molecule has 0 unspecified atom stereocenters. The minimum atomic E-state index is -3.93. The average molecular weight is 296 g/mol. The van der Waals surface area contributed by atoms with Crippen LogP contribution in [0.25, 0.3) is 0 Å². The highest BCUT2D eigenvalue weighted by Crippen LogP contribution is 2.26. The number of H-pyrrole nitrogens is 1. The summed E-state index contributed by atoms with van der Waals surface area (Å²) in [6, 6.07) is 2.42. The molecule has 9 heteroatoms. The van der Waals surface area contributed by atoms with Gasteiger partial charge in [-0.25, -0.2) is 18.1 Å². The number of aromatic amines is 1. The van der Waals surface area contributed by atoms with Crippen molar-refractivity contribution in [3.8, 4) is 0 Å². The third kappa shape index (κ3) is 2.62. The largest absolute Gasteiger partial charge is 0.330 e. The molecule has 20 heavy (non-hydrogen) atoms. The number of imidazole rings is 1. The van der Waals surface area contributed by atoms with Crippen LogP contribution < -0.4 is 4.72 Å². The molecule has 0 aliphatic carbocycles. The fourth-order valence-corrected chi connectivity index (χ4v) is 2.74. The van der Waals surface area contributed by atoms with Gasteiger partial charge in [-0.05, 0) is 25.5 Å². The van der Waals surface area contributed by atoms with Crippen molar-refractivity contribution in [3.05, 3.63) is 45.8 Å². The molecule has 0 amide bonds. The van der Waals surface area contributed by atoms with Gasteiger partial charge < -0.3 is 4.98 Å². The first-order chi connectivity index (χ1) is 9.31. The van der Waals surface area contributed by atoms with E-state index in [4.69, 9.17) is 0 Å². The third-order valence-electron chi connectivity index (χ3n) is 2.85. The molecule has 0 aliphatic heterocycles. The van der Waals surface area contributed by atoms with Crippen LogP contribution in [0.1, 0.15) is 11.1 Å². The summed E-state index contributed by atoms with van der Waals surface area (Å²) >= 11 is 0. The minimum absolute atomic E-state index is 0.0471. The molecule has 2 aromatic rings. The van der Waals surface area contributed by atoms with Crippen LogP contribution >= 0.6 is 0 Å². The summed E-state index contributed by atoms with van der Waals surface area (Å²) in [5.41, 5.74) is 0.732. The maximum atomic E-state index is 12.1. The molecule has 0 saturated carbocycles. The first-order valence-electron chi connectivity index (χ1n) is 5.59. The lowest BCUT2D eigenvalue weighted by Gasteiger charge is -2.08. The van der Waals surface area contributed by atoms with Gasteiger partial charge in [0.15, 0.2) is 0 Å². The molecule has 1 heterocycles. The fourth-order valence-electron chi connectivity index (χ4n) is 1.66. The van der Waals surface area contributed by atoms with Crippen molar-refractivity contribution < 1.29 is 13.3 Å². The number of nitrogens with zero attached hydrogens (tertiary/aromatic N) is 2. The summed E-state index contributed by atoms with van der Waals surface area (Å²) in [6.45, 7) is 3.19. The zero-order chi connectivity index (χ0) is 14.9. The molecule has 1 aromatic carbocycles. The van der Waals surface area contributed by atoms with Gasteiger partial charge in [0.1, 0.15) is 0 Å². The maximum Gasteiger partial charge on any atom is 0.273 e. The van der Waals surface area contributed by atoms with Gasteiger partial charge in [0.2, 0.25) is 5.95 Å². The molecule has 0 aliphatic rings. The van der Waals surface area contributed by atoms with Crippen LogP contribution in [0.2, 0.25) is 0 Å². The van der Waals surface area contributed by atoms with E-state index in [9.17, 15) is 18.5 Å². The Morgan fingerprint density at radius 1 is 1.35 bits per heavy atom. The molecule has 0 radical (unpaired) electrons. The molecule has 0 spiro atoms. The Morgan fingerprint density at radius 3 is 2.60 bits per heavy atom. The summed E-state index contributed by atoms with van der Waals surface area (Å²) in [5, 5.41) is 10.9. The molecular weight excluding hydrogens is 284 g/mol. The molecule has 0 atom stereocenters. The van der Waals surface area contributed by atoms with E-state index in [1.807, 2.05) is 0 Å². The number of nitrogens with one attached hydrogen (secondary N) is 2. The number of sulfonamides is 1. The summed E-state index contributed by atoms with van der Waals surface area (Å²) in [5.74, 6) is 0.0471. The van der Waals surface area contributed by atoms with E-state index in [2.05, 4.69) is 14.7 Å². The highest BCUT2D eigenvalue weighted by molar-refractivity contribution is 7.92. The molecule has 8 nitrogen and oxygen atoms in total. The van der Waals surface area contributed by atoms with Gasteiger partial charge >= 0.3 is 0 Å². The number of nitro benzene ring substituents is 1. The second kappa shape index (κ2) is 4.93. The second-order valence-corrected chi connectivity index (χ2v) is 5.87. The lowest BCUT2D eigenvalue weighted by Crippen LogP contribution is -2.14. The van der Waals surface area contributed by atoms with Gasteiger partial charge in [-0.3, -0.25) is 10.1 Å². The summed E-state index contributed by atoms with van der Waals surface area (Å²) in [4.78, 5) is 16.5. The molecule has 106 valence electrons. The Morgan fingerprint density at radius 2 is 2.05 bits per heavy atom. The summed E-state index contributed by atoms with van der Waals surface area (Å²) in [7, 11) is -3.93. The van der Waals surface area contributed by atoms with E-state index in [1.54, 1.807) is 13.8 Å². The SMILES string of the molecule is Cc1cc(S(=O)(=O)Nc2ncc[nH]2)cc([N+](=O)[O-])c1C. The first-order valence-corrected chi connectivity index (χ1v) is 7.07. The standard InChI is InChI=1S/C11H12N4O4S/c1-7-5-9(6-10(8(7)2)15(16)17)20(18,19)14-11-12-3-4-13-11/h3-6H,1-2H3,(H2,12,13,14). The number of aryl methyl sites for hydroxylation is 1. The topological polar surface area (TPSA) is 118 Å². The zero-order valence-electron chi connectivity index (χ0n) is 10.7. The van der Waals surface area contributed by atoms with E-state index in [0.29, 0.717) is 11.1 Å². The normalized spacial score (nSPS) is 11.3. The molecule has 1 aromatic heterocycles. The predicted molar refractivity (Wildman–Crippen MR) is 72.0 cm³/mol. The number of aromatic nitrogens is 2. The third-order valence-corrected chi connectivity index (χ3v) is 4.17. The molecule has 2 N–H and O–H groups in total. The molecule has 0 fully saturated rings. The van der Waals surface area contributed by atoms with Crippen LogP contribution in [0, 0.1) is 24.0 Å². The molecule has 0 saturated heterocycles. The quantitative estimate of drug-likeness (QED) is 0.658. The van der Waals surface area contributed by atoms with Crippen LogP contribution in [-0.4, -0.2) is 23.3 Å². The maximum absolute atomic E-state index is 12.1. The Labute approximate surface area is 115 Å². The van der Waals surface area contributed by atoms with E-state index in [1.165, 1.54) is 18.5 Å². The van der Waals surface area contributed by atoms with Crippen molar-refractivity contribution in [2.75, 3.05) is 4.72 Å². The second-order valence-electron chi connectivity index (χ2n) is 4.18. The number of anilines is 1. The van der Waals surface area contributed by atoms with Crippen molar-refractivity contribution in [3.63, 3.8) is 0 Å². The number of benzene rings is 1. The lowest BCUT2D eigenvalue weighted by atomic mass is 10.1. The van der Waals surface area contributed by atoms with E-state index in [-0.39, 0.29) is 16.5 Å². The number of hydrogen-bond acceptors (Lipinski definition) is 5. The summed E-state index contributed by atoms with van der Waals surface area (Å²) < 4.78 is 26.5. The van der Waals surface area contributed by atoms with Crippen molar-refractivity contribution >= 4 is 21.7 Å². The average Bonchev–Trinajstić information content (AvgIpc) is 2.83. The van der Waals surface area contributed by atoms with Gasteiger partial charge in [-0.2, -0.15) is 0 Å². The monoisotopic (exact) mass is 296 g/mol. The Balaban J connectivity index is 2.49. The smallest absolute Gasteiger partial charge is 0.273 e. The number of nitro groups is 1. The van der Waals surface area contributed by atoms with E-state index >= 15 is 0 Å². The molecule has 0 bridgehead atoms. The van der Waals surface area contributed by atoms with Crippen LogP contribution in [0.4, 0.5) is 11.6 Å². The van der Waals surface area contributed by atoms with Crippen molar-refractivity contribution in [1.29, 1.82) is 0 Å². The van der Waals surface area contributed by atoms with Crippen molar-refractivity contribution in [2.24, 2.45) is 0 Å². The lowest BCUT2D eigenvalue weighted by molar-refractivity contribution is -0.385. The molecule has 2 rings (SSSR count). The zero-order valence-corrected chi connectivity index (χ0v) is 11.6. The highest BCUT2D eigenvalue weighted by atomic mass is 32.2. The van der Waals surface area contributed by atoms with Crippen molar-refractivity contribution in [2.45, 2.75) is 18.7 Å². The minimum Gasteiger partial charge on any atom is -0.330 e. The first kappa shape index (κ1) is 14.0. The van der Waals surface area contributed by atoms with Gasteiger partial charge in [0, 0.05) is 24.0 Å². The van der Waals surface area contributed by atoms with Crippen LogP contribution in [0.5, 0.6) is 0 Å². The fraction of sp³-hybridized carbons (Fsp3) is 0.182.